The van der Waals surface area contributed by atoms with Crippen LogP contribution in [0.5, 0.6) is 0 Å². The molecule has 4 heteroatoms. The van der Waals surface area contributed by atoms with Gasteiger partial charge in [0.2, 0.25) is 0 Å². The monoisotopic (exact) mass is 252 g/mol. The van der Waals surface area contributed by atoms with Gasteiger partial charge in [0.1, 0.15) is 5.82 Å². The number of hydrogen-bond acceptors (Lipinski definition) is 3. The van der Waals surface area contributed by atoms with Gasteiger partial charge in [-0.05, 0) is 35.1 Å². The maximum atomic E-state index is 13.7. The smallest absolute Gasteiger partial charge is 0.169 e. The third kappa shape index (κ3) is 2.65. The second kappa shape index (κ2) is 4.86. The van der Waals surface area contributed by atoms with Gasteiger partial charge in [0, 0.05) is 5.69 Å². The molecular formula is C14H21FN2O. The number of nitrogens with two attached hydrogens (primary N) is 1. The van der Waals surface area contributed by atoms with Crippen LogP contribution in [0.25, 0.3) is 0 Å². The second-order valence-corrected chi connectivity index (χ2v) is 5.43. The number of rotatable bonds is 4. The number of ether oxygens (including phenoxy) is 1. The van der Waals surface area contributed by atoms with Crippen LogP contribution >= 0.6 is 0 Å². The van der Waals surface area contributed by atoms with Gasteiger partial charge >= 0.3 is 0 Å². The van der Waals surface area contributed by atoms with Gasteiger partial charge in [-0.25, -0.2) is 4.39 Å². The summed E-state index contributed by atoms with van der Waals surface area (Å²) in [6.45, 7) is 8.21. The van der Waals surface area contributed by atoms with E-state index in [1.165, 1.54) is 0 Å². The lowest BCUT2D eigenvalue weighted by Crippen LogP contribution is -2.16. The molecule has 3 nitrogen and oxygen atoms in total. The SMILES string of the molecule is CC(C)c1cc(F)cc(C(C)C)c1NC1OC1N. The molecule has 0 amide bonds. The lowest BCUT2D eigenvalue weighted by atomic mass is 9.92. The molecule has 0 saturated carbocycles. The van der Waals surface area contributed by atoms with Crippen LogP contribution in [0, 0.1) is 5.82 Å². The van der Waals surface area contributed by atoms with Crippen LogP contribution in [-0.2, 0) is 4.74 Å². The number of anilines is 1. The third-order valence-corrected chi connectivity index (χ3v) is 3.22. The molecule has 100 valence electrons. The Morgan fingerprint density at radius 1 is 1.17 bits per heavy atom. The molecule has 2 atom stereocenters. The maximum absolute atomic E-state index is 13.7. The summed E-state index contributed by atoms with van der Waals surface area (Å²) in [5, 5.41) is 3.28. The van der Waals surface area contributed by atoms with Gasteiger partial charge in [-0.15, -0.1) is 0 Å². The Kier molecular flexibility index (Phi) is 3.59. The summed E-state index contributed by atoms with van der Waals surface area (Å²) < 4.78 is 18.9. The van der Waals surface area contributed by atoms with E-state index in [1.54, 1.807) is 12.1 Å². The molecule has 1 aliphatic rings. The van der Waals surface area contributed by atoms with Crippen LogP contribution < -0.4 is 11.1 Å². The predicted octanol–water partition coefficient (Wildman–Crippen LogP) is 3.13. The van der Waals surface area contributed by atoms with E-state index in [9.17, 15) is 4.39 Å². The van der Waals surface area contributed by atoms with Crippen LogP contribution in [0.2, 0.25) is 0 Å². The first-order valence-corrected chi connectivity index (χ1v) is 6.41. The number of epoxide rings is 1. The zero-order chi connectivity index (χ0) is 13.4. The van der Waals surface area contributed by atoms with Crippen molar-refractivity contribution in [1.82, 2.24) is 0 Å². The average Bonchev–Trinajstić information content (AvgIpc) is 2.95. The van der Waals surface area contributed by atoms with Crippen molar-refractivity contribution < 1.29 is 9.13 Å². The topological polar surface area (TPSA) is 50.6 Å². The summed E-state index contributed by atoms with van der Waals surface area (Å²) in [5.41, 5.74) is 8.56. The van der Waals surface area contributed by atoms with Crippen LogP contribution in [-0.4, -0.2) is 12.5 Å². The van der Waals surface area contributed by atoms with Crippen molar-refractivity contribution in [2.75, 3.05) is 5.32 Å². The fourth-order valence-corrected chi connectivity index (χ4v) is 2.11. The van der Waals surface area contributed by atoms with Crippen molar-refractivity contribution in [2.24, 2.45) is 5.73 Å². The highest BCUT2D eigenvalue weighted by atomic mass is 19.1. The normalized spacial score (nSPS) is 22.7. The quantitative estimate of drug-likeness (QED) is 0.809. The molecule has 2 unspecified atom stereocenters. The molecule has 0 aromatic heterocycles. The van der Waals surface area contributed by atoms with Crippen molar-refractivity contribution >= 4 is 5.69 Å². The summed E-state index contributed by atoms with van der Waals surface area (Å²) in [6.07, 6.45) is -0.402. The number of benzene rings is 1. The fraction of sp³-hybridized carbons (Fsp3) is 0.571. The fourth-order valence-electron chi connectivity index (χ4n) is 2.11. The van der Waals surface area contributed by atoms with Crippen LogP contribution in [0.1, 0.15) is 50.7 Å². The Hall–Kier alpha value is -1.13. The van der Waals surface area contributed by atoms with E-state index < -0.39 is 0 Å². The van der Waals surface area contributed by atoms with Crippen LogP contribution in [0.4, 0.5) is 10.1 Å². The van der Waals surface area contributed by atoms with Crippen molar-refractivity contribution in [3.63, 3.8) is 0 Å². The standard InChI is InChI=1S/C14H21FN2O/c1-7(2)10-5-9(15)6-11(8(3)4)12(10)17-14-13(16)18-14/h5-8,13-14,17H,16H2,1-4H3. The Labute approximate surface area is 108 Å². The highest BCUT2D eigenvalue weighted by Gasteiger charge is 2.36. The lowest BCUT2D eigenvalue weighted by molar-refractivity contribution is 0.386. The van der Waals surface area contributed by atoms with E-state index in [2.05, 4.69) is 33.0 Å². The first-order valence-electron chi connectivity index (χ1n) is 6.41. The van der Waals surface area contributed by atoms with Crippen molar-refractivity contribution in [1.29, 1.82) is 0 Å². The van der Waals surface area contributed by atoms with E-state index in [0.29, 0.717) is 0 Å². The minimum Gasteiger partial charge on any atom is -0.356 e. The lowest BCUT2D eigenvalue weighted by Gasteiger charge is -2.20. The molecule has 3 N–H and O–H groups in total. The molecule has 0 bridgehead atoms. The summed E-state index contributed by atoms with van der Waals surface area (Å²) in [5.74, 6) is 0.306. The molecular weight excluding hydrogens is 231 g/mol. The van der Waals surface area contributed by atoms with Crippen LogP contribution in [0.15, 0.2) is 12.1 Å². The maximum Gasteiger partial charge on any atom is 0.169 e. The Bertz CT molecular complexity index is 416. The Morgan fingerprint density at radius 2 is 1.61 bits per heavy atom. The highest BCUT2D eigenvalue weighted by Crippen LogP contribution is 2.35. The second-order valence-electron chi connectivity index (χ2n) is 5.43. The molecule has 0 aliphatic carbocycles. The van der Waals surface area contributed by atoms with E-state index in [1.807, 2.05) is 0 Å². The van der Waals surface area contributed by atoms with Crippen molar-refractivity contribution in [3.8, 4) is 0 Å². The van der Waals surface area contributed by atoms with Gasteiger partial charge in [-0.2, -0.15) is 0 Å². The molecule has 0 spiro atoms. The van der Waals surface area contributed by atoms with E-state index in [-0.39, 0.29) is 30.1 Å². The first-order chi connectivity index (χ1) is 8.40. The summed E-state index contributed by atoms with van der Waals surface area (Å²) in [4.78, 5) is 0. The number of nitrogens with one attached hydrogen (secondary N) is 1. The summed E-state index contributed by atoms with van der Waals surface area (Å²) in [6, 6.07) is 3.18. The van der Waals surface area contributed by atoms with E-state index >= 15 is 0 Å². The summed E-state index contributed by atoms with van der Waals surface area (Å²) in [7, 11) is 0. The average molecular weight is 252 g/mol. The van der Waals surface area contributed by atoms with Gasteiger partial charge in [-0.3, -0.25) is 0 Å². The summed E-state index contributed by atoms with van der Waals surface area (Å²) >= 11 is 0. The largest absolute Gasteiger partial charge is 0.356 e. The van der Waals surface area contributed by atoms with Gasteiger partial charge in [-0.1, -0.05) is 27.7 Å². The highest BCUT2D eigenvalue weighted by molar-refractivity contribution is 5.61. The molecule has 1 heterocycles. The minimum absolute atomic E-state index is 0.148. The zero-order valence-corrected chi connectivity index (χ0v) is 11.3. The molecule has 1 fully saturated rings. The first kappa shape index (κ1) is 13.3. The molecule has 18 heavy (non-hydrogen) atoms. The van der Waals surface area contributed by atoms with Crippen LogP contribution in [0.3, 0.4) is 0 Å². The van der Waals surface area contributed by atoms with Gasteiger partial charge in [0.25, 0.3) is 0 Å². The van der Waals surface area contributed by atoms with E-state index in [4.69, 9.17) is 10.5 Å². The Morgan fingerprint density at radius 3 is 1.94 bits per heavy atom. The van der Waals surface area contributed by atoms with E-state index in [0.717, 1.165) is 16.8 Å². The zero-order valence-electron chi connectivity index (χ0n) is 11.3. The molecule has 0 radical (unpaired) electrons. The molecule has 1 aromatic rings. The number of halogens is 1. The molecule has 1 aliphatic heterocycles. The van der Waals surface area contributed by atoms with Crippen molar-refractivity contribution in [2.45, 2.75) is 52.0 Å². The van der Waals surface area contributed by atoms with Gasteiger partial charge in [0.15, 0.2) is 12.5 Å². The van der Waals surface area contributed by atoms with Gasteiger partial charge in [0.05, 0.1) is 0 Å². The predicted molar refractivity (Wildman–Crippen MR) is 71.0 cm³/mol. The minimum atomic E-state index is -0.255. The van der Waals surface area contributed by atoms with Gasteiger partial charge < -0.3 is 15.8 Å². The number of hydrogen-bond donors (Lipinski definition) is 2. The Balaban J connectivity index is 2.43. The van der Waals surface area contributed by atoms with Crippen molar-refractivity contribution in [3.05, 3.63) is 29.1 Å². The molecule has 1 aromatic carbocycles. The molecule has 1 saturated heterocycles. The third-order valence-electron chi connectivity index (χ3n) is 3.22. The molecule has 2 rings (SSSR count).